The van der Waals surface area contributed by atoms with Gasteiger partial charge in [-0.1, -0.05) is 32.6 Å². The molecule has 0 aromatic carbocycles. The fraction of sp³-hybridized carbons (Fsp3) is 0.833. The molecule has 0 amide bonds. The van der Waals surface area contributed by atoms with Gasteiger partial charge in [0.05, 0.1) is 6.42 Å². The summed E-state index contributed by atoms with van der Waals surface area (Å²) in [4.78, 5) is 22.4. The summed E-state index contributed by atoms with van der Waals surface area (Å²) in [7, 11) is 0. The first-order valence-electron chi connectivity index (χ1n) is 5.86. The van der Waals surface area contributed by atoms with Crippen LogP contribution in [0.25, 0.3) is 0 Å². The second-order valence-corrected chi connectivity index (χ2v) is 4.59. The maximum absolute atomic E-state index is 11.9. The van der Waals surface area contributed by atoms with E-state index in [9.17, 15) is 9.59 Å². The zero-order chi connectivity index (χ0) is 11.3. The van der Waals surface area contributed by atoms with Crippen LogP contribution in [0.2, 0.25) is 0 Å². The Bertz CT molecular complexity index is 227. The number of rotatable bonds is 4. The van der Waals surface area contributed by atoms with Crippen molar-refractivity contribution >= 4 is 11.8 Å². The number of hydrogen-bond donors (Lipinski definition) is 1. The molecule has 15 heavy (non-hydrogen) atoms. The molecule has 0 heterocycles. The minimum atomic E-state index is -0.871. The van der Waals surface area contributed by atoms with Crippen molar-refractivity contribution in [2.75, 3.05) is 0 Å². The van der Waals surface area contributed by atoms with Gasteiger partial charge in [-0.15, -0.1) is 0 Å². The Labute approximate surface area is 90.9 Å². The summed E-state index contributed by atoms with van der Waals surface area (Å²) in [6, 6.07) is 0. The third kappa shape index (κ3) is 4.02. The van der Waals surface area contributed by atoms with E-state index in [4.69, 9.17) is 5.11 Å². The molecule has 86 valence electrons. The predicted octanol–water partition coefficient (Wildman–Crippen LogP) is 2.64. The number of carbonyl (C=O) groups excluding carboxylic acids is 1. The molecule has 1 aliphatic rings. The lowest BCUT2D eigenvalue weighted by atomic mass is 9.87. The number of carboxylic acids is 1. The van der Waals surface area contributed by atoms with Crippen molar-refractivity contribution < 1.29 is 14.7 Å². The van der Waals surface area contributed by atoms with Crippen molar-refractivity contribution in [1.29, 1.82) is 0 Å². The monoisotopic (exact) mass is 212 g/mol. The minimum Gasteiger partial charge on any atom is -0.481 e. The molecule has 1 saturated carbocycles. The van der Waals surface area contributed by atoms with Gasteiger partial charge in [-0.25, -0.2) is 0 Å². The molecule has 3 nitrogen and oxygen atoms in total. The normalized spacial score (nSPS) is 20.6. The van der Waals surface area contributed by atoms with Crippen LogP contribution in [-0.2, 0) is 9.59 Å². The smallest absolute Gasteiger partial charge is 0.304 e. The van der Waals surface area contributed by atoms with Gasteiger partial charge in [-0.2, -0.15) is 0 Å². The third-order valence-electron chi connectivity index (χ3n) is 3.22. The highest BCUT2D eigenvalue weighted by Gasteiger charge is 2.25. The molecular formula is C12H20O3. The SMILES string of the molecule is CC(CC(=O)O)C(=O)C1CCCCCC1. The van der Waals surface area contributed by atoms with E-state index in [1.165, 1.54) is 12.8 Å². The van der Waals surface area contributed by atoms with Crippen LogP contribution in [0.15, 0.2) is 0 Å². The molecule has 1 fully saturated rings. The van der Waals surface area contributed by atoms with Crippen LogP contribution in [-0.4, -0.2) is 16.9 Å². The van der Waals surface area contributed by atoms with Crippen molar-refractivity contribution in [3.05, 3.63) is 0 Å². The Hall–Kier alpha value is -0.860. The van der Waals surface area contributed by atoms with Gasteiger partial charge >= 0.3 is 5.97 Å². The van der Waals surface area contributed by atoms with Crippen LogP contribution in [0.5, 0.6) is 0 Å². The van der Waals surface area contributed by atoms with Crippen molar-refractivity contribution in [2.24, 2.45) is 11.8 Å². The lowest BCUT2D eigenvalue weighted by molar-refractivity contribution is -0.141. The summed E-state index contributed by atoms with van der Waals surface area (Å²) in [5.74, 6) is -0.892. The average Bonchev–Trinajstić information content (AvgIpc) is 2.43. The molecule has 0 bridgehead atoms. The van der Waals surface area contributed by atoms with Crippen molar-refractivity contribution in [2.45, 2.75) is 51.9 Å². The molecule has 1 atom stereocenters. The fourth-order valence-electron chi connectivity index (χ4n) is 2.33. The van der Waals surface area contributed by atoms with Crippen LogP contribution < -0.4 is 0 Å². The summed E-state index contributed by atoms with van der Waals surface area (Å²) in [5, 5.41) is 8.63. The van der Waals surface area contributed by atoms with Gasteiger partial charge in [0.2, 0.25) is 0 Å². The third-order valence-corrected chi connectivity index (χ3v) is 3.22. The van der Waals surface area contributed by atoms with Crippen LogP contribution in [0, 0.1) is 11.8 Å². The molecule has 1 aliphatic carbocycles. The van der Waals surface area contributed by atoms with E-state index in [0.717, 1.165) is 25.7 Å². The summed E-state index contributed by atoms with van der Waals surface area (Å²) in [5.41, 5.74) is 0. The van der Waals surface area contributed by atoms with Crippen molar-refractivity contribution in [1.82, 2.24) is 0 Å². The largest absolute Gasteiger partial charge is 0.481 e. The predicted molar refractivity (Wildman–Crippen MR) is 57.6 cm³/mol. The van der Waals surface area contributed by atoms with Gasteiger partial charge in [0.1, 0.15) is 5.78 Å². The van der Waals surface area contributed by atoms with Crippen LogP contribution in [0.3, 0.4) is 0 Å². The van der Waals surface area contributed by atoms with Gasteiger partial charge in [0.25, 0.3) is 0 Å². The number of hydrogen-bond acceptors (Lipinski definition) is 2. The van der Waals surface area contributed by atoms with E-state index >= 15 is 0 Å². The molecule has 0 spiro atoms. The Morgan fingerprint density at radius 2 is 1.73 bits per heavy atom. The molecule has 0 saturated heterocycles. The summed E-state index contributed by atoms with van der Waals surface area (Å²) >= 11 is 0. The van der Waals surface area contributed by atoms with Crippen molar-refractivity contribution in [3.63, 3.8) is 0 Å². The number of ketones is 1. The number of Topliss-reactive ketones (excluding diaryl/α,β-unsaturated/α-hetero) is 1. The van der Waals surface area contributed by atoms with Crippen molar-refractivity contribution in [3.8, 4) is 0 Å². The summed E-state index contributed by atoms with van der Waals surface area (Å²) < 4.78 is 0. The highest BCUT2D eigenvalue weighted by Crippen LogP contribution is 2.26. The highest BCUT2D eigenvalue weighted by molar-refractivity contribution is 5.86. The van der Waals surface area contributed by atoms with Gasteiger partial charge in [0, 0.05) is 11.8 Å². The molecule has 3 heteroatoms. The Morgan fingerprint density at radius 3 is 2.20 bits per heavy atom. The van der Waals surface area contributed by atoms with E-state index in [-0.39, 0.29) is 24.0 Å². The molecular weight excluding hydrogens is 192 g/mol. The van der Waals surface area contributed by atoms with Crippen LogP contribution >= 0.6 is 0 Å². The molecule has 1 unspecified atom stereocenters. The second kappa shape index (κ2) is 5.89. The van der Waals surface area contributed by atoms with E-state index < -0.39 is 5.97 Å². The minimum absolute atomic E-state index is 0.0185. The van der Waals surface area contributed by atoms with Crippen LogP contribution in [0.1, 0.15) is 51.9 Å². The molecule has 0 aliphatic heterocycles. The lowest BCUT2D eigenvalue weighted by Crippen LogP contribution is -2.23. The standard InChI is InChI=1S/C12H20O3/c1-9(8-11(13)14)12(15)10-6-4-2-3-5-7-10/h9-10H,2-8H2,1H3,(H,13,14). The quantitative estimate of drug-likeness (QED) is 0.729. The van der Waals surface area contributed by atoms with Crippen LogP contribution in [0.4, 0.5) is 0 Å². The van der Waals surface area contributed by atoms with Gasteiger partial charge in [-0.05, 0) is 12.8 Å². The Balaban J connectivity index is 2.46. The Kier molecular flexibility index (Phi) is 4.79. The summed E-state index contributed by atoms with van der Waals surface area (Å²) in [6.45, 7) is 1.74. The second-order valence-electron chi connectivity index (χ2n) is 4.59. The maximum Gasteiger partial charge on any atom is 0.304 e. The number of carboxylic acid groups (broad SMARTS) is 1. The highest BCUT2D eigenvalue weighted by atomic mass is 16.4. The Morgan fingerprint density at radius 1 is 1.20 bits per heavy atom. The van der Waals surface area contributed by atoms with E-state index in [0.29, 0.717) is 0 Å². The van der Waals surface area contributed by atoms with Gasteiger partial charge < -0.3 is 5.11 Å². The summed E-state index contributed by atoms with van der Waals surface area (Å²) in [6.07, 6.45) is 6.58. The number of aliphatic carboxylic acids is 1. The average molecular weight is 212 g/mol. The van der Waals surface area contributed by atoms with Gasteiger partial charge in [0.15, 0.2) is 0 Å². The molecule has 0 aromatic rings. The zero-order valence-corrected chi connectivity index (χ0v) is 9.37. The lowest BCUT2D eigenvalue weighted by Gasteiger charge is -2.16. The first-order chi connectivity index (χ1) is 7.11. The van der Waals surface area contributed by atoms with E-state index in [1.54, 1.807) is 6.92 Å². The molecule has 1 rings (SSSR count). The topological polar surface area (TPSA) is 54.4 Å². The maximum atomic E-state index is 11.9. The first-order valence-corrected chi connectivity index (χ1v) is 5.86. The molecule has 1 N–H and O–H groups in total. The zero-order valence-electron chi connectivity index (χ0n) is 9.37. The number of carbonyl (C=O) groups is 2. The first kappa shape index (κ1) is 12.2. The van der Waals surface area contributed by atoms with E-state index in [1.807, 2.05) is 0 Å². The molecule has 0 aromatic heterocycles. The molecule has 0 radical (unpaired) electrons. The fourth-order valence-corrected chi connectivity index (χ4v) is 2.33. The van der Waals surface area contributed by atoms with E-state index in [2.05, 4.69) is 0 Å². The van der Waals surface area contributed by atoms with Gasteiger partial charge in [-0.3, -0.25) is 9.59 Å².